The molecule has 0 saturated heterocycles. The number of carbonyl (C=O) groups is 1. The quantitative estimate of drug-likeness (QED) is 0.715. The van der Waals surface area contributed by atoms with Crippen LogP contribution in [0, 0.1) is 5.92 Å². The van der Waals surface area contributed by atoms with Gasteiger partial charge in [0.25, 0.3) is 0 Å². The molecule has 1 aromatic rings. The molecule has 0 saturated carbocycles. The molecule has 0 bridgehead atoms. The van der Waals surface area contributed by atoms with Crippen molar-refractivity contribution < 1.29 is 4.79 Å². The topological polar surface area (TPSA) is 58.4 Å². The Balaban J connectivity index is 2.31. The van der Waals surface area contributed by atoms with Crippen LogP contribution in [0.3, 0.4) is 0 Å². The van der Waals surface area contributed by atoms with Crippen molar-refractivity contribution in [1.82, 2.24) is 5.32 Å². The SMILES string of the molecule is CCN(CCCNC(=O)C(C)C(C)N)c1ccccc1. The number of nitrogens with two attached hydrogens (primary N) is 1. The largest absolute Gasteiger partial charge is 0.372 e. The normalized spacial score (nSPS) is 13.6. The number of hydrogen-bond acceptors (Lipinski definition) is 3. The summed E-state index contributed by atoms with van der Waals surface area (Å²) >= 11 is 0. The molecule has 3 N–H and O–H groups in total. The minimum atomic E-state index is -0.133. The molecule has 2 atom stereocenters. The van der Waals surface area contributed by atoms with Crippen LogP contribution in [0.4, 0.5) is 5.69 Å². The Kier molecular flexibility index (Phi) is 7.09. The summed E-state index contributed by atoms with van der Waals surface area (Å²) in [5.74, 6) is -0.0887. The highest BCUT2D eigenvalue weighted by Crippen LogP contribution is 2.12. The Bertz CT molecular complexity index is 392. The first-order valence-electron chi connectivity index (χ1n) is 7.39. The number of rotatable bonds is 8. The van der Waals surface area contributed by atoms with Gasteiger partial charge in [-0.15, -0.1) is 0 Å². The van der Waals surface area contributed by atoms with Crippen molar-refractivity contribution in [2.45, 2.75) is 33.2 Å². The van der Waals surface area contributed by atoms with Gasteiger partial charge in [0.1, 0.15) is 0 Å². The highest BCUT2D eigenvalue weighted by atomic mass is 16.1. The molecule has 20 heavy (non-hydrogen) atoms. The van der Waals surface area contributed by atoms with Crippen molar-refractivity contribution in [3.63, 3.8) is 0 Å². The van der Waals surface area contributed by atoms with Crippen LogP contribution in [0.15, 0.2) is 30.3 Å². The number of benzene rings is 1. The van der Waals surface area contributed by atoms with Gasteiger partial charge >= 0.3 is 0 Å². The van der Waals surface area contributed by atoms with E-state index in [4.69, 9.17) is 5.73 Å². The zero-order chi connectivity index (χ0) is 15.0. The molecular weight excluding hydrogens is 250 g/mol. The summed E-state index contributed by atoms with van der Waals surface area (Å²) in [6, 6.07) is 10.2. The number of amides is 1. The van der Waals surface area contributed by atoms with Crippen LogP contribution < -0.4 is 16.0 Å². The highest BCUT2D eigenvalue weighted by molar-refractivity contribution is 5.78. The molecule has 112 valence electrons. The lowest BCUT2D eigenvalue weighted by Gasteiger charge is -2.23. The molecule has 0 heterocycles. The number of anilines is 1. The minimum Gasteiger partial charge on any atom is -0.372 e. The minimum absolute atomic E-state index is 0.0442. The molecule has 1 amide bonds. The van der Waals surface area contributed by atoms with Gasteiger partial charge in [0.15, 0.2) is 0 Å². The van der Waals surface area contributed by atoms with E-state index in [1.807, 2.05) is 32.0 Å². The lowest BCUT2D eigenvalue weighted by molar-refractivity contribution is -0.124. The van der Waals surface area contributed by atoms with Crippen molar-refractivity contribution in [3.05, 3.63) is 30.3 Å². The van der Waals surface area contributed by atoms with Crippen molar-refractivity contribution in [1.29, 1.82) is 0 Å². The molecule has 0 aromatic heterocycles. The lowest BCUT2D eigenvalue weighted by atomic mass is 10.0. The molecule has 0 spiro atoms. The van der Waals surface area contributed by atoms with Crippen molar-refractivity contribution >= 4 is 11.6 Å². The smallest absolute Gasteiger partial charge is 0.224 e. The average molecular weight is 277 g/mol. The van der Waals surface area contributed by atoms with Gasteiger partial charge in [0.05, 0.1) is 0 Å². The summed E-state index contributed by atoms with van der Waals surface area (Å²) < 4.78 is 0. The van der Waals surface area contributed by atoms with Gasteiger partial charge in [0, 0.05) is 37.3 Å². The van der Waals surface area contributed by atoms with E-state index >= 15 is 0 Å². The van der Waals surface area contributed by atoms with Crippen LogP contribution in [0.1, 0.15) is 27.2 Å². The molecule has 1 rings (SSSR count). The number of nitrogens with one attached hydrogen (secondary N) is 1. The third-order valence-corrected chi connectivity index (χ3v) is 3.61. The van der Waals surface area contributed by atoms with Gasteiger partial charge in [-0.1, -0.05) is 25.1 Å². The van der Waals surface area contributed by atoms with Crippen LogP contribution in [-0.2, 0) is 4.79 Å². The molecule has 1 aromatic carbocycles. The van der Waals surface area contributed by atoms with Gasteiger partial charge in [0.2, 0.25) is 5.91 Å². The second-order valence-corrected chi connectivity index (χ2v) is 5.21. The van der Waals surface area contributed by atoms with Crippen LogP contribution in [0.25, 0.3) is 0 Å². The predicted octanol–water partition coefficient (Wildman–Crippen LogP) is 2.00. The molecule has 0 aliphatic rings. The summed E-state index contributed by atoms with van der Waals surface area (Å²) in [6.07, 6.45) is 0.931. The molecule has 0 aliphatic carbocycles. The zero-order valence-corrected chi connectivity index (χ0v) is 12.8. The highest BCUT2D eigenvalue weighted by Gasteiger charge is 2.16. The summed E-state index contributed by atoms with van der Waals surface area (Å²) in [5, 5.41) is 2.95. The summed E-state index contributed by atoms with van der Waals surface area (Å²) in [7, 11) is 0. The Morgan fingerprint density at radius 2 is 1.95 bits per heavy atom. The standard InChI is InChI=1S/C16H27N3O/c1-4-19(15-9-6-5-7-10-15)12-8-11-18-16(20)13(2)14(3)17/h5-7,9-10,13-14H,4,8,11-12,17H2,1-3H3,(H,18,20). The monoisotopic (exact) mass is 277 g/mol. The van der Waals surface area contributed by atoms with Crippen molar-refractivity contribution in [2.75, 3.05) is 24.5 Å². The third kappa shape index (κ3) is 5.21. The van der Waals surface area contributed by atoms with E-state index in [9.17, 15) is 4.79 Å². The first-order valence-corrected chi connectivity index (χ1v) is 7.39. The van der Waals surface area contributed by atoms with E-state index < -0.39 is 0 Å². The van der Waals surface area contributed by atoms with Gasteiger partial charge in [-0.05, 0) is 32.4 Å². The van der Waals surface area contributed by atoms with Gasteiger partial charge in [-0.3, -0.25) is 4.79 Å². The van der Waals surface area contributed by atoms with Crippen molar-refractivity contribution in [3.8, 4) is 0 Å². The van der Waals surface area contributed by atoms with E-state index in [2.05, 4.69) is 29.3 Å². The first kappa shape index (κ1) is 16.5. The Labute approximate surface area is 122 Å². The second-order valence-electron chi connectivity index (χ2n) is 5.21. The molecule has 4 nitrogen and oxygen atoms in total. The summed E-state index contributed by atoms with van der Waals surface area (Å²) in [4.78, 5) is 14.1. The lowest BCUT2D eigenvalue weighted by Crippen LogP contribution is -2.39. The van der Waals surface area contributed by atoms with Gasteiger partial charge in [-0.2, -0.15) is 0 Å². The zero-order valence-electron chi connectivity index (χ0n) is 12.8. The molecule has 0 radical (unpaired) electrons. The second kappa shape index (κ2) is 8.59. The molecular formula is C16H27N3O. The third-order valence-electron chi connectivity index (χ3n) is 3.61. The Hall–Kier alpha value is -1.55. The molecule has 0 fully saturated rings. The van der Waals surface area contributed by atoms with E-state index in [0.717, 1.165) is 19.5 Å². The first-order chi connectivity index (χ1) is 9.56. The Morgan fingerprint density at radius 1 is 1.30 bits per heavy atom. The molecule has 0 aliphatic heterocycles. The van der Waals surface area contributed by atoms with Crippen LogP contribution in [0.5, 0.6) is 0 Å². The fourth-order valence-corrected chi connectivity index (χ4v) is 1.99. The summed E-state index contributed by atoms with van der Waals surface area (Å²) in [6.45, 7) is 8.46. The molecule has 2 unspecified atom stereocenters. The van der Waals surface area contributed by atoms with E-state index in [-0.39, 0.29) is 17.9 Å². The summed E-state index contributed by atoms with van der Waals surface area (Å²) in [5.41, 5.74) is 6.94. The maximum absolute atomic E-state index is 11.8. The van der Waals surface area contributed by atoms with Gasteiger partial charge in [-0.25, -0.2) is 0 Å². The van der Waals surface area contributed by atoms with Gasteiger partial charge < -0.3 is 16.0 Å². The Morgan fingerprint density at radius 3 is 2.50 bits per heavy atom. The van der Waals surface area contributed by atoms with E-state index in [0.29, 0.717) is 6.54 Å². The maximum atomic E-state index is 11.8. The van der Waals surface area contributed by atoms with E-state index in [1.54, 1.807) is 0 Å². The van der Waals surface area contributed by atoms with E-state index in [1.165, 1.54) is 5.69 Å². The average Bonchev–Trinajstić information content (AvgIpc) is 2.47. The van der Waals surface area contributed by atoms with Crippen LogP contribution in [-0.4, -0.2) is 31.6 Å². The number of hydrogen-bond donors (Lipinski definition) is 2. The predicted molar refractivity (Wildman–Crippen MR) is 84.8 cm³/mol. The van der Waals surface area contributed by atoms with Crippen molar-refractivity contribution in [2.24, 2.45) is 11.7 Å². The fraction of sp³-hybridized carbons (Fsp3) is 0.562. The van der Waals surface area contributed by atoms with Crippen LogP contribution >= 0.6 is 0 Å². The number of carbonyl (C=O) groups excluding carboxylic acids is 1. The number of nitrogens with zero attached hydrogens (tertiary/aromatic N) is 1. The molecule has 4 heteroatoms. The number of para-hydroxylation sites is 1. The van der Waals surface area contributed by atoms with Crippen LogP contribution in [0.2, 0.25) is 0 Å². The fourth-order valence-electron chi connectivity index (χ4n) is 1.99. The maximum Gasteiger partial charge on any atom is 0.224 e.